The number of halogens is 1. The fraction of sp³-hybridized carbons (Fsp3) is 0.278. The maximum absolute atomic E-state index is 13.0. The minimum atomic E-state index is -3.69. The first-order valence-corrected chi connectivity index (χ1v) is 9.89. The molecule has 26 heavy (non-hydrogen) atoms. The number of oxazole rings is 1. The number of nitrogens with zero attached hydrogens (tertiary/aromatic N) is 2. The van der Waals surface area contributed by atoms with Crippen molar-refractivity contribution in [2.45, 2.75) is 23.8 Å². The van der Waals surface area contributed by atoms with E-state index in [0.717, 1.165) is 37.0 Å². The highest BCUT2D eigenvalue weighted by Crippen LogP contribution is 2.28. The van der Waals surface area contributed by atoms with Crippen LogP contribution in [0, 0.1) is 5.82 Å². The van der Waals surface area contributed by atoms with Crippen LogP contribution in [0.15, 0.2) is 57.8 Å². The first-order chi connectivity index (χ1) is 12.5. The van der Waals surface area contributed by atoms with E-state index in [0.29, 0.717) is 11.6 Å². The summed E-state index contributed by atoms with van der Waals surface area (Å²) in [5.74, 6) is -0.470. The first-order valence-electron chi connectivity index (χ1n) is 8.40. The normalized spacial score (nSPS) is 17.9. The Hall–Kier alpha value is -2.45. The molecule has 1 saturated heterocycles. The third-order valence-electron chi connectivity index (χ3n) is 4.54. The van der Waals surface area contributed by atoms with Gasteiger partial charge in [-0.05, 0) is 49.2 Å². The van der Waals surface area contributed by atoms with Crippen molar-refractivity contribution >= 4 is 27.1 Å². The lowest BCUT2D eigenvalue weighted by Gasteiger charge is -2.23. The summed E-state index contributed by atoms with van der Waals surface area (Å²) in [5.41, 5.74) is 1.49. The molecule has 0 saturated carbocycles. The van der Waals surface area contributed by atoms with Gasteiger partial charge in [-0.2, -0.15) is 4.98 Å². The zero-order valence-electron chi connectivity index (χ0n) is 13.9. The van der Waals surface area contributed by atoms with E-state index in [1.165, 1.54) is 12.1 Å². The number of anilines is 1. The van der Waals surface area contributed by atoms with Crippen LogP contribution < -0.4 is 9.62 Å². The molecule has 8 heteroatoms. The number of hydrogen-bond donors (Lipinski definition) is 1. The molecule has 3 aromatic rings. The predicted octanol–water partition coefficient (Wildman–Crippen LogP) is 2.91. The monoisotopic (exact) mass is 375 g/mol. The number of benzene rings is 2. The summed E-state index contributed by atoms with van der Waals surface area (Å²) in [6.45, 7) is 0.994. The van der Waals surface area contributed by atoms with Crippen LogP contribution in [0.1, 0.15) is 12.8 Å². The van der Waals surface area contributed by atoms with Gasteiger partial charge in [-0.25, -0.2) is 17.5 Å². The van der Waals surface area contributed by atoms with E-state index in [9.17, 15) is 12.8 Å². The lowest BCUT2D eigenvalue weighted by atomic mass is 10.2. The fourth-order valence-electron chi connectivity index (χ4n) is 3.19. The second kappa shape index (κ2) is 6.69. The summed E-state index contributed by atoms with van der Waals surface area (Å²) >= 11 is 0. The molecule has 1 N–H and O–H groups in total. The van der Waals surface area contributed by atoms with E-state index in [1.807, 2.05) is 29.2 Å². The first kappa shape index (κ1) is 17.0. The summed E-state index contributed by atoms with van der Waals surface area (Å²) < 4.78 is 46.2. The largest absolute Gasteiger partial charge is 0.423 e. The van der Waals surface area contributed by atoms with Crippen LogP contribution in [0.3, 0.4) is 0 Å². The van der Waals surface area contributed by atoms with E-state index in [2.05, 4.69) is 9.71 Å². The van der Waals surface area contributed by atoms with Gasteiger partial charge in [-0.15, -0.1) is 0 Å². The van der Waals surface area contributed by atoms with Crippen molar-refractivity contribution in [1.29, 1.82) is 0 Å². The molecule has 0 bridgehead atoms. The van der Waals surface area contributed by atoms with Crippen molar-refractivity contribution in [1.82, 2.24) is 9.71 Å². The summed E-state index contributed by atoms with van der Waals surface area (Å²) in [7, 11) is -3.69. The van der Waals surface area contributed by atoms with Gasteiger partial charge in [0.15, 0.2) is 5.58 Å². The van der Waals surface area contributed by atoms with Crippen molar-refractivity contribution < 1.29 is 17.2 Å². The molecular weight excluding hydrogens is 357 g/mol. The van der Waals surface area contributed by atoms with Gasteiger partial charge in [0.1, 0.15) is 11.3 Å². The van der Waals surface area contributed by atoms with Gasteiger partial charge in [-0.1, -0.05) is 12.1 Å². The zero-order chi connectivity index (χ0) is 18.1. The Kier molecular flexibility index (Phi) is 4.37. The highest BCUT2D eigenvalue weighted by molar-refractivity contribution is 7.89. The average Bonchev–Trinajstić information content (AvgIpc) is 3.26. The maximum Gasteiger partial charge on any atom is 0.298 e. The lowest BCUT2D eigenvalue weighted by molar-refractivity contribution is 0.533. The topological polar surface area (TPSA) is 75.4 Å². The number of rotatable bonds is 5. The van der Waals surface area contributed by atoms with E-state index < -0.39 is 15.8 Å². The Labute approximate surface area is 150 Å². The van der Waals surface area contributed by atoms with Gasteiger partial charge in [0.05, 0.1) is 4.90 Å². The van der Waals surface area contributed by atoms with E-state index in [1.54, 1.807) is 0 Å². The maximum atomic E-state index is 13.0. The van der Waals surface area contributed by atoms with Gasteiger partial charge >= 0.3 is 0 Å². The third kappa shape index (κ3) is 3.30. The van der Waals surface area contributed by atoms with Crippen LogP contribution in [0.5, 0.6) is 0 Å². The third-order valence-corrected chi connectivity index (χ3v) is 5.98. The number of fused-ring (bicyclic) bond motifs is 1. The number of sulfonamides is 1. The standard InChI is InChI=1S/C18H18FN3O3S/c19-13-7-9-15(10-8-13)26(23,24)20-12-14-4-3-11-22(14)18-21-16-5-1-2-6-17(16)25-18/h1-2,5-10,14,20H,3-4,11-12H2. The number of para-hydroxylation sites is 2. The summed E-state index contributed by atoms with van der Waals surface area (Å²) in [5, 5.41) is 0. The number of hydrogen-bond acceptors (Lipinski definition) is 5. The molecule has 1 atom stereocenters. The van der Waals surface area contributed by atoms with E-state index in [-0.39, 0.29) is 17.5 Å². The quantitative estimate of drug-likeness (QED) is 0.742. The second-order valence-electron chi connectivity index (χ2n) is 6.26. The predicted molar refractivity (Wildman–Crippen MR) is 96.0 cm³/mol. The highest BCUT2D eigenvalue weighted by atomic mass is 32.2. The Morgan fingerprint density at radius 1 is 1.19 bits per heavy atom. The number of nitrogens with one attached hydrogen (secondary N) is 1. The minimum absolute atomic E-state index is 0.0433. The summed E-state index contributed by atoms with van der Waals surface area (Å²) in [6.07, 6.45) is 1.77. The fourth-order valence-corrected chi connectivity index (χ4v) is 4.26. The van der Waals surface area contributed by atoms with Crippen molar-refractivity contribution in [2.24, 2.45) is 0 Å². The van der Waals surface area contributed by atoms with Gasteiger partial charge in [0, 0.05) is 19.1 Å². The van der Waals surface area contributed by atoms with Crippen LogP contribution in [-0.4, -0.2) is 32.5 Å². The molecule has 1 unspecified atom stereocenters. The van der Waals surface area contributed by atoms with Crippen LogP contribution in [0.25, 0.3) is 11.1 Å². The van der Waals surface area contributed by atoms with Crippen molar-refractivity contribution in [3.63, 3.8) is 0 Å². The molecule has 1 aliphatic heterocycles. The second-order valence-corrected chi connectivity index (χ2v) is 8.03. The van der Waals surface area contributed by atoms with Gasteiger partial charge in [-0.3, -0.25) is 0 Å². The van der Waals surface area contributed by atoms with Crippen LogP contribution >= 0.6 is 0 Å². The Bertz CT molecular complexity index is 985. The Balaban J connectivity index is 1.49. The van der Waals surface area contributed by atoms with Crippen LogP contribution in [-0.2, 0) is 10.0 Å². The molecule has 1 fully saturated rings. The average molecular weight is 375 g/mol. The molecule has 2 aromatic carbocycles. The van der Waals surface area contributed by atoms with Gasteiger partial charge < -0.3 is 9.32 Å². The molecule has 1 aliphatic rings. The molecule has 136 valence electrons. The molecule has 0 spiro atoms. The SMILES string of the molecule is O=S(=O)(NCC1CCCN1c1nc2ccccc2o1)c1ccc(F)cc1. The smallest absolute Gasteiger partial charge is 0.298 e. The Morgan fingerprint density at radius 2 is 1.96 bits per heavy atom. The lowest BCUT2D eigenvalue weighted by Crippen LogP contribution is -2.40. The highest BCUT2D eigenvalue weighted by Gasteiger charge is 2.29. The van der Waals surface area contributed by atoms with E-state index in [4.69, 9.17) is 4.42 Å². The summed E-state index contributed by atoms with van der Waals surface area (Å²) in [6, 6.07) is 12.8. The van der Waals surface area contributed by atoms with Gasteiger partial charge in [0.25, 0.3) is 6.01 Å². The molecule has 0 amide bonds. The molecule has 6 nitrogen and oxygen atoms in total. The molecule has 4 rings (SSSR count). The molecule has 2 heterocycles. The van der Waals surface area contributed by atoms with Crippen molar-refractivity contribution in [2.75, 3.05) is 18.0 Å². The Morgan fingerprint density at radius 3 is 2.73 bits per heavy atom. The van der Waals surface area contributed by atoms with Crippen molar-refractivity contribution in [3.8, 4) is 0 Å². The molecule has 1 aromatic heterocycles. The molecule has 0 aliphatic carbocycles. The van der Waals surface area contributed by atoms with Crippen LogP contribution in [0.2, 0.25) is 0 Å². The summed E-state index contributed by atoms with van der Waals surface area (Å²) in [4.78, 5) is 6.54. The van der Waals surface area contributed by atoms with E-state index >= 15 is 0 Å². The van der Waals surface area contributed by atoms with Crippen LogP contribution in [0.4, 0.5) is 10.4 Å². The molecule has 0 radical (unpaired) electrons. The van der Waals surface area contributed by atoms with Gasteiger partial charge in [0.2, 0.25) is 10.0 Å². The molecular formula is C18H18FN3O3S. The number of aromatic nitrogens is 1. The minimum Gasteiger partial charge on any atom is -0.423 e. The zero-order valence-corrected chi connectivity index (χ0v) is 14.7. The van der Waals surface area contributed by atoms with Crippen molar-refractivity contribution in [3.05, 3.63) is 54.3 Å².